The van der Waals surface area contributed by atoms with E-state index in [-0.39, 0.29) is 23.8 Å². The quantitative estimate of drug-likeness (QED) is 0.767. The van der Waals surface area contributed by atoms with Crippen molar-refractivity contribution in [1.82, 2.24) is 9.80 Å². The van der Waals surface area contributed by atoms with E-state index in [0.29, 0.717) is 18.2 Å². The molecule has 29 heavy (non-hydrogen) atoms. The molecular weight excluding hydrogens is 368 g/mol. The van der Waals surface area contributed by atoms with Crippen LogP contribution in [0, 0.1) is 19.8 Å². The third-order valence-corrected chi connectivity index (χ3v) is 6.53. The lowest BCUT2D eigenvalue weighted by Gasteiger charge is -2.39. The van der Waals surface area contributed by atoms with Crippen LogP contribution in [0.25, 0.3) is 0 Å². The summed E-state index contributed by atoms with van der Waals surface area (Å²) in [6, 6.07) is 4.17. The summed E-state index contributed by atoms with van der Waals surface area (Å²) in [6.07, 6.45) is 4.39. The van der Waals surface area contributed by atoms with Crippen LogP contribution >= 0.6 is 0 Å². The van der Waals surface area contributed by atoms with Gasteiger partial charge in [-0.15, -0.1) is 0 Å². The minimum Gasteiger partial charge on any atom is -0.507 e. The second kappa shape index (κ2) is 9.16. The van der Waals surface area contributed by atoms with Gasteiger partial charge in [-0.3, -0.25) is 14.5 Å². The van der Waals surface area contributed by atoms with E-state index in [1.807, 2.05) is 37.8 Å². The van der Waals surface area contributed by atoms with Crippen molar-refractivity contribution < 1.29 is 19.4 Å². The van der Waals surface area contributed by atoms with Gasteiger partial charge < -0.3 is 14.7 Å². The van der Waals surface area contributed by atoms with Gasteiger partial charge in [-0.1, -0.05) is 19.1 Å². The van der Waals surface area contributed by atoms with Crippen LogP contribution in [0.5, 0.6) is 5.75 Å². The summed E-state index contributed by atoms with van der Waals surface area (Å²) in [5, 5.41) is 9.95. The van der Waals surface area contributed by atoms with Crippen molar-refractivity contribution in [3.8, 4) is 5.75 Å². The monoisotopic (exact) mass is 402 g/mol. The first-order valence-electron chi connectivity index (χ1n) is 10.7. The highest BCUT2D eigenvalue weighted by molar-refractivity contribution is 5.79. The lowest BCUT2D eigenvalue weighted by atomic mass is 9.95. The molecule has 0 radical (unpaired) electrons. The molecule has 6 heteroatoms. The second-order valence-corrected chi connectivity index (χ2v) is 8.66. The van der Waals surface area contributed by atoms with Gasteiger partial charge in [-0.05, 0) is 69.2 Å². The molecule has 2 aliphatic heterocycles. The number of benzene rings is 1. The van der Waals surface area contributed by atoms with E-state index >= 15 is 0 Å². The Hall–Kier alpha value is -2.08. The van der Waals surface area contributed by atoms with E-state index in [2.05, 4.69) is 4.90 Å². The number of carbonyl (C=O) groups excluding carboxylic acids is 2. The summed E-state index contributed by atoms with van der Waals surface area (Å²) in [6.45, 7) is 8.19. The summed E-state index contributed by atoms with van der Waals surface area (Å²) >= 11 is 0. The fourth-order valence-corrected chi connectivity index (χ4v) is 4.95. The van der Waals surface area contributed by atoms with Crippen LogP contribution in [-0.2, 0) is 20.7 Å². The number of amides is 1. The molecule has 0 spiro atoms. The Bertz CT molecular complexity index is 732. The third-order valence-electron chi connectivity index (χ3n) is 6.53. The van der Waals surface area contributed by atoms with Crippen molar-refractivity contribution in [2.75, 3.05) is 26.7 Å². The van der Waals surface area contributed by atoms with E-state index in [1.165, 1.54) is 7.11 Å². The molecule has 1 aromatic carbocycles. The van der Waals surface area contributed by atoms with Gasteiger partial charge in [0.25, 0.3) is 0 Å². The Morgan fingerprint density at radius 1 is 1.14 bits per heavy atom. The van der Waals surface area contributed by atoms with Crippen LogP contribution in [0.15, 0.2) is 12.1 Å². The number of aryl methyl sites for hydroxylation is 2. The molecule has 0 aromatic heterocycles. The number of phenolic OH excluding ortho intramolecular Hbond substituents is 1. The SMILES string of the molecule is COC(=O)[C@@H]1CCCN1C1CCN(C(=O)[C@H](C)Cc2cc(C)c(O)c(C)c2)CC1. The van der Waals surface area contributed by atoms with Crippen LogP contribution in [0.2, 0.25) is 0 Å². The number of rotatable bonds is 5. The first-order valence-corrected chi connectivity index (χ1v) is 10.7. The molecule has 0 bridgehead atoms. The van der Waals surface area contributed by atoms with Crippen LogP contribution in [-0.4, -0.2) is 65.6 Å². The number of nitrogens with zero attached hydrogens (tertiary/aromatic N) is 2. The predicted octanol–water partition coefficient (Wildman–Crippen LogP) is 2.82. The Morgan fingerprint density at radius 2 is 1.76 bits per heavy atom. The molecule has 3 rings (SSSR count). The summed E-state index contributed by atoms with van der Waals surface area (Å²) in [4.78, 5) is 29.3. The zero-order valence-electron chi connectivity index (χ0n) is 18.1. The number of ether oxygens (including phenoxy) is 1. The van der Waals surface area contributed by atoms with Gasteiger partial charge in [0.1, 0.15) is 11.8 Å². The maximum atomic E-state index is 13.0. The highest BCUT2D eigenvalue weighted by Crippen LogP contribution is 2.28. The van der Waals surface area contributed by atoms with Crippen LogP contribution in [0.3, 0.4) is 0 Å². The summed E-state index contributed by atoms with van der Waals surface area (Å²) in [5.41, 5.74) is 2.80. The molecule has 2 heterocycles. The fourth-order valence-electron chi connectivity index (χ4n) is 4.95. The Kier molecular flexibility index (Phi) is 6.83. The Labute approximate surface area is 173 Å². The highest BCUT2D eigenvalue weighted by atomic mass is 16.5. The minimum absolute atomic E-state index is 0.0931. The summed E-state index contributed by atoms with van der Waals surface area (Å²) in [5.74, 6) is 0.304. The van der Waals surface area contributed by atoms with Gasteiger partial charge in [0.15, 0.2) is 0 Å². The number of methoxy groups -OCH3 is 1. The maximum absolute atomic E-state index is 13.0. The van der Waals surface area contributed by atoms with Crippen LogP contribution < -0.4 is 0 Å². The molecule has 2 fully saturated rings. The number of likely N-dealkylation sites (tertiary alicyclic amines) is 2. The standard InChI is InChI=1S/C23H34N2O4/c1-15-12-18(13-16(2)21(15)26)14-17(3)22(27)24-10-7-19(8-11-24)25-9-5-6-20(25)23(28)29-4/h12-13,17,19-20,26H,5-11,14H2,1-4H3/t17-,20+/m1/s1. The number of aromatic hydroxyl groups is 1. The number of esters is 1. The number of hydrogen-bond donors (Lipinski definition) is 1. The van der Waals surface area contributed by atoms with Crippen molar-refractivity contribution in [2.24, 2.45) is 5.92 Å². The average molecular weight is 403 g/mol. The highest BCUT2D eigenvalue weighted by Gasteiger charge is 2.38. The molecule has 6 nitrogen and oxygen atoms in total. The summed E-state index contributed by atoms with van der Waals surface area (Å²) < 4.78 is 4.97. The van der Waals surface area contributed by atoms with Gasteiger partial charge in [0.2, 0.25) is 5.91 Å². The molecule has 0 aliphatic carbocycles. The third kappa shape index (κ3) is 4.74. The van der Waals surface area contributed by atoms with Crippen LogP contribution in [0.1, 0.15) is 49.3 Å². The first-order chi connectivity index (χ1) is 13.8. The molecule has 1 amide bonds. The lowest BCUT2D eigenvalue weighted by molar-refractivity contribution is -0.147. The van der Waals surface area contributed by atoms with E-state index in [9.17, 15) is 14.7 Å². The van der Waals surface area contributed by atoms with E-state index in [1.54, 1.807) is 0 Å². The first kappa shape index (κ1) is 21.6. The molecular formula is C23H34N2O4. The van der Waals surface area contributed by atoms with Crippen molar-refractivity contribution in [3.05, 3.63) is 28.8 Å². The van der Waals surface area contributed by atoms with Crippen molar-refractivity contribution in [2.45, 2.75) is 65.0 Å². The average Bonchev–Trinajstić information content (AvgIpc) is 3.20. The number of piperidine rings is 1. The smallest absolute Gasteiger partial charge is 0.323 e. The van der Waals surface area contributed by atoms with Gasteiger partial charge in [0, 0.05) is 25.0 Å². The number of phenols is 1. The molecule has 2 atom stereocenters. The van der Waals surface area contributed by atoms with Gasteiger partial charge in [0.05, 0.1) is 7.11 Å². The molecule has 0 saturated carbocycles. The molecule has 1 N–H and O–H groups in total. The molecule has 2 saturated heterocycles. The van der Waals surface area contributed by atoms with E-state index in [0.717, 1.165) is 62.0 Å². The number of hydrogen-bond acceptors (Lipinski definition) is 5. The van der Waals surface area contributed by atoms with E-state index < -0.39 is 0 Å². The lowest BCUT2D eigenvalue weighted by Crippen LogP contribution is -2.51. The van der Waals surface area contributed by atoms with Crippen molar-refractivity contribution in [1.29, 1.82) is 0 Å². The topological polar surface area (TPSA) is 70.1 Å². The predicted molar refractivity (Wildman–Crippen MR) is 112 cm³/mol. The molecule has 2 aliphatic rings. The normalized spacial score (nSPS) is 21.9. The molecule has 0 unspecified atom stereocenters. The van der Waals surface area contributed by atoms with Gasteiger partial charge in [-0.2, -0.15) is 0 Å². The number of carbonyl (C=O) groups is 2. The Morgan fingerprint density at radius 3 is 2.34 bits per heavy atom. The van der Waals surface area contributed by atoms with Crippen LogP contribution in [0.4, 0.5) is 0 Å². The maximum Gasteiger partial charge on any atom is 0.323 e. The zero-order chi connectivity index (χ0) is 21.1. The minimum atomic E-state index is -0.130. The van der Waals surface area contributed by atoms with E-state index in [4.69, 9.17) is 4.74 Å². The second-order valence-electron chi connectivity index (χ2n) is 8.66. The fraction of sp³-hybridized carbons (Fsp3) is 0.652. The Balaban J connectivity index is 1.55. The van der Waals surface area contributed by atoms with Crippen molar-refractivity contribution in [3.63, 3.8) is 0 Å². The zero-order valence-corrected chi connectivity index (χ0v) is 18.1. The largest absolute Gasteiger partial charge is 0.507 e. The molecule has 1 aromatic rings. The summed E-state index contributed by atoms with van der Waals surface area (Å²) in [7, 11) is 1.46. The van der Waals surface area contributed by atoms with Gasteiger partial charge in [-0.25, -0.2) is 0 Å². The van der Waals surface area contributed by atoms with Crippen molar-refractivity contribution >= 4 is 11.9 Å². The van der Waals surface area contributed by atoms with Gasteiger partial charge >= 0.3 is 5.97 Å². The molecule has 160 valence electrons.